The zero-order valence-electron chi connectivity index (χ0n) is 17.6. The normalized spacial score (nSPS) is 11.9. The van der Waals surface area contributed by atoms with Gasteiger partial charge >= 0.3 is 6.09 Å². The maximum absolute atomic E-state index is 13.3. The summed E-state index contributed by atoms with van der Waals surface area (Å²) in [7, 11) is -2.45. The van der Waals surface area contributed by atoms with Crippen LogP contribution in [-0.4, -0.2) is 46.8 Å². The summed E-state index contributed by atoms with van der Waals surface area (Å²) in [6.07, 6.45) is 0.856. The highest BCUT2D eigenvalue weighted by Crippen LogP contribution is 2.27. The van der Waals surface area contributed by atoms with Gasteiger partial charge < -0.3 is 9.64 Å². The third-order valence-corrected chi connectivity index (χ3v) is 6.05. The number of sulfone groups is 1. The van der Waals surface area contributed by atoms with Crippen molar-refractivity contribution in [2.24, 2.45) is 0 Å². The van der Waals surface area contributed by atoms with Crippen LogP contribution in [0.5, 0.6) is 0 Å². The van der Waals surface area contributed by atoms with Gasteiger partial charge in [-0.2, -0.15) is 5.10 Å². The molecule has 0 aliphatic carbocycles. The van der Waals surface area contributed by atoms with Crippen molar-refractivity contribution < 1.29 is 17.9 Å². The number of pyridine rings is 1. The van der Waals surface area contributed by atoms with Crippen LogP contribution < -0.4 is 0 Å². The summed E-state index contributed by atoms with van der Waals surface area (Å²) in [6, 6.07) is 12.8. The van der Waals surface area contributed by atoms with Gasteiger partial charge in [-0.05, 0) is 45.0 Å². The number of amides is 1. The van der Waals surface area contributed by atoms with Crippen molar-refractivity contribution in [3.05, 3.63) is 65.4 Å². The second-order valence-corrected chi connectivity index (χ2v) is 10.1. The first-order valence-electron chi connectivity index (χ1n) is 9.43. The van der Waals surface area contributed by atoms with E-state index in [4.69, 9.17) is 16.3 Å². The molecule has 0 unspecified atom stereocenters. The Bertz CT molecular complexity index is 1190. The summed E-state index contributed by atoms with van der Waals surface area (Å²) in [5.41, 5.74) is 0.0862. The van der Waals surface area contributed by atoms with Gasteiger partial charge in [0.1, 0.15) is 5.60 Å². The first kappa shape index (κ1) is 22.8. The van der Waals surface area contributed by atoms with Gasteiger partial charge in [0.15, 0.2) is 10.1 Å². The third-order valence-electron chi connectivity index (χ3n) is 4.10. The second kappa shape index (κ2) is 8.68. The predicted molar refractivity (Wildman–Crippen MR) is 116 cm³/mol. The lowest BCUT2D eigenvalue weighted by Gasteiger charge is -2.24. The number of carbonyl (C=O) groups is 1. The molecule has 2 aromatic heterocycles. The molecule has 0 aliphatic rings. The molecule has 0 radical (unpaired) electrons. The summed E-state index contributed by atoms with van der Waals surface area (Å²) in [6.45, 7) is 5.34. The Kier molecular flexibility index (Phi) is 6.38. The van der Waals surface area contributed by atoms with Crippen LogP contribution in [0.2, 0.25) is 5.02 Å². The average Bonchev–Trinajstić information content (AvgIpc) is 3.12. The van der Waals surface area contributed by atoms with Crippen molar-refractivity contribution >= 4 is 27.5 Å². The van der Waals surface area contributed by atoms with Crippen LogP contribution in [0.15, 0.2) is 64.8 Å². The number of benzene rings is 1. The molecule has 2 heterocycles. The number of carbonyl (C=O) groups excluding carboxylic acids is 1. The number of ether oxygens (including phenoxy) is 1. The van der Waals surface area contributed by atoms with E-state index in [2.05, 4.69) is 10.1 Å². The molecule has 3 rings (SSSR count). The van der Waals surface area contributed by atoms with Crippen molar-refractivity contribution in [1.29, 1.82) is 0 Å². The Morgan fingerprint density at radius 3 is 2.45 bits per heavy atom. The number of aromatic nitrogens is 3. The summed E-state index contributed by atoms with van der Waals surface area (Å²) >= 11 is 6.31. The van der Waals surface area contributed by atoms with E-state index in [-0.39, 0.29) is 16.6 Å². The van der Waals surface area contributed by atoms with E-state index in [1.165, 1.54) is 27.9 Å². The van der Waals surface area contributed by atoms with Crippen molar-refractivity contribution in [2.75, 3.05) is 7.05 Å². The largest absolute Gasteiger partial charge is 0.444 e. The highest BCUT2D eigenvalue weighted by atomic mass is 35.5. The molecule has 8 nitrogen and oxygen atoms in total. The zero-order chi connectivity index (χ0) is 22.8. The minimum absolute atomic E-state index is 0.0388. The molecule has 0 spiro atoms. The lowest BCUT2D eigenvalue weighted by molar-refractivity contribution is 0.0283. The van der Waals surface area contributed by atoms with Crippen molar-refractivity contribution in [3.8, 4) is 5.69 Å². The molecule has 0 fully saturated rings. The molecule has 0 saturated heterocycles. The van der Waals surface area contributed by atoms with Crippen molar-refractivity contribution in [2.45, 2.75) is 43.0 Å². The fraction of sp³-hybridized carbons (Fsp3) is 0.286. The third kappa shape index (κ3) is 5.23. The SMILES string of the molecule is CN(Cc1cc(S(=O)(=O)c2ccccn2)n(-c2ccccc2Cl)n1)C(=O)OC(C)(C)C. The minimum Gasteiger partial charge on any atom is -0.444 e. The smallest absolute Gasteiger partial charge is 0.410 e. The molecule has 10 heteroatoms. The van der Waals surface area contributed by atoms with Gasteiger partial charge in [0.05, 0.1) is 22.9 Å². The van der Waals surface area contributed by atoms with E-state index in [0.717, 1.165) is 0 Å². The lowest BCUT2D eigenvalue weighted by atomic mass is 10.2. The molecule has 3 aromatic rings. The zero-order valence-corrected chi connectivity index (χ0v) is 19.2. The molecule has 1 aromatic carbocycles. The Hall–Kier alpha value is -2.91. The van der Waals surface area contributed by atoms with Gasteiger partial charge in [0.2, 0.25) is 9.84 Å². The standard InChI is InChI=1S/C21H23ClN4O4S/c1-21(2,3)30-20(27)25(4)14-15-13-19(31(28,29)18-11-7-8-12-23-18)26(24-15)17-10-6-5-9-16(17)22/h5-13H,14H2,1-4H3. The maximum Gasteiger partial charge on any atom is 0.410 e. The van der Waals surface area contributed by atoms with Gasteiger partial charge in [0, 0.05) is 19.3 Å². The fourth-order valence-electron chi connectivity index (χ4n) is 2.74. The van der Waals surface area contributed by atoms with Crippen LogP contribution in [0.25, 0.3) is 5.69 Å². The van der Waals surface area contributed by atoms with E-state index in [9.17, 15) is 13.2 Å². The van der Waals surface area contributed by atoms with Gasteiger partial charge in [-0.3, -0.25) is 0 Å². The predicted octanol–water partition coefficient (Wildman–Crippen LogP) is 4.12. The number of halogens is 1. The highest BCUT2D eigenvalue weighted by molar-refractivity contribution is 7.91. The lowest BCUT2D eigenvalue weighted by Crippen LogP contribution is -2.33. The molecular formula is C21H23ClN4O4S. The highest BCUT2D eigenvalue weighted by Gasteiger charge is 2.28. The molecular weight excluding hydrogens is 440 g/mol. The Morgan fingerprint density at radius 1 is 1.16 bits per heavy atom. The summed E-state index contributed by atoms with van der Waals surface area (Å²) < 4.78 is 33.2. The first-order chi connectivity index (χ1) is 14.5. The quantitative estimate of drug-likeness (QED) is 0.566. The second-order valence-electron chi connectivity index (χ2n) is 7.84. The molecule has 0 N–H and O–H groups in total. The van der Waals surface area contributed by atoms with E-state index >= 15 is 0 Å². The van der Waals surface area contributed by atoms with Gasteiger partial charge in [0.25, 0.3) is 0 Å². The van der Waals surface area contributed by atoms with Crippen LogP contribution in [0.3, 0.4) is 0 Å². The molecule has 164 valence electrons. The molecule has 0 saturated carbocycles. The van der Waals surface area contributed by atoms with Crippen molar-refractivity contribution in [3.63, 3.8) is 0 Å². The number of para-hydroxylation sites is 1. The topological polar surface area (TPSA) is 94.4 Å². The first-order valence-corrected chi connectivity index (χ1v) is 11.3. The van der Waals surface area contributed by atoms with Crippen LogP contribution in [0.4, 0.5) is 4.79 Å². The summed E-state index contributed by atoms with van der Waals surface area (Å²) in [5.74, 6) is 0. The van der Waals surface area contributed by atoms with E-state index in [1.807, 2.05) is 0 Å². The molecule has 0 aliphatic heterocycles. The van der Waals surface area contributed by atoms with Gasteiger partial charge in [-0.15, -0.1) is 0 Å². The maximum atomic E-state index is 13.3. The Morgan fingerprint density at radius 2 is 1.84 bits per heavy atom. The van der Waals surface area contributed by atoms with E-state index in [1.54, 1.807) is 64.2 Å². The van der Waals surface area contributed by atoms with Gasteiger partial charge in [-0.1, -0.05) is 29.8 Å². The molecule has 0 atom stereocenters. The number of nitrogens with zero attached hydrogens (tertiary/aromatic N) is 4. The Labute approximate surface area is 186 Å². The van der Waals surface area contributed by atoms with Crippen LogP contribution in [0.1, 0.15) is 26.5 Å². The molecule has 0 bridgehead atoms. The minimum atomic E-state index is -4.00. The monoisotopic (exact) mass is 462 g/mol. The van der Waals surface area contributed by atoms with Crippen LogP contribution in [-0.2, 0) is 21.1 Å². The van der Waals surface area contributed by atoms with Crippen LogP contribution in [0, 0.1) is 0 Å². The van der Waals surface area contributed by atoms with E-state index in [0.29, 0.717) is 16.4 Å². The average molecular weight is 463 g/mol. The van der Waals surface area contributed by atoms with Crippen molar-refractivity contribution in [1.82, 2.24) is 19.7 Å². The number of rotatable bonds is 5. The van der Waals surface area contributed by atoms with Gasteiger partial charge in [-0.25, -0.2) is 22.9 Å². The van der Waals surface area contributed by atoms with Crippen LogP contribution >= 0.6 is 11.6 Å². The number of hydrogen-bond acceptors (Lipinski definition) is 6. The molecule has 1 amide bonds. The number of hydrogen-bond donors (Lipinski definition) is 0. The fourth-order valence-corrected chi connectivity index (χ4v) is 4.28. The summed E-state index contributed by atoms with van der Waals surface area (Å²) in [5, 5.41) is 4.54. The summed E-state index contributed by atoms with van der Waals surface area (Å²) in [4.78, 5) is 17.6. The van der Waals surface area contributed by atoms with E-state index < -0.39 is 21.5 Å². The Balaban J connectivity index is 2.05. The molecule has 31 heavy (non-hydrogen) atoms.